The van der Waals surface area contributed by atoms with Crippen LogP contribution in [0.25, 0.3) is 12.2 Å². The van der Waals surface area contributed by atoms with Crippen LogP contribution in [-0.4, -0.2) is 15.6 Å². The number of benzene rings is 2. The van der Waals surface area contributed by atoms with E-state index in [1.165, 1.54) is 24.3 Å². The third-order valence-electron chi connectivity index (χ3n) is 4.57. The van der Waals surface area contributed by atoms with Gasteiger partial charge in [0.1, 0.15) is 0 Å². The first-order valence-electron chi connectivity index (χ1n) is 8.89. The highest BCUT2D eigenvalue weighted by Gasteiger charge is 2.19. The molecule has 2 aromatic carbocycles. The Balaban J connectivity index is 1.94. The normalized spacial score (nSPS) is 17.5. The lowest BCUT2D eigenvalue weighted by Gasteiger charge is -2.06. The smallest absolute Gasteiger partial charge is 0.270 e. The molecule has 0 radical (unpaired) electrons. The average molecular weight is 378 g/mol. The van der Waals surface area contributed by atoms with Gasteiger partial charge in [-0.05, 0) is 49.0 Å². The van der Waals surface area contributed by atoms with Crippen LogP contribution >= 0.6 is 0 Å². The maximum Gasteiger partial charge on any atom is 0.270 e. The summed E-state index contributed by atoms with van der Waals surface area (Å²) < 4.78 is 0. The summed E-state index contributed by atoms with van der Waals surface area (Å²) in [7, 11) is 0. The van der Waals surface area contributed by atoms with E-state index >= 15 is 0 Å². The molecule has 0 unspecified atom stereocenters. The van der Waals surface area contributed by atoms with E-state index in [1.807, 2.05) is 0 Å². The maximum absolute atomic E-state index is 13.0. The molecule has 0 spiro atoms. The van der Waals surface area contributed by atoms with E-state index in [0.717, 1.165) is 12.8 Å². The van der Waals surface area contributed by atoms with E-state index in [4.69, 9.17) is 0 Å². The highest BCUT2D eigenvalue weighted by molar-refractivity contribution is 6.13. The Labute approximate surface area is 161 Å². The Morgan fingerprint density at radius 3 is 1.57 bits per heavy atom. The number of carbonyl (C=O) groups excluding carboxylic acids is 1. The van der Waals surface area contributed by atoms with Crippen LogP contribution in [0.3, 0.4) is 0 Å². The van der Waals surface area contributed by atoms with Gasteiger partial charge in [-0.3, -0.25) is 25.0 Å². The number of nitro groups is 2. The van der Waals surface area contributed by atoms with Crippen molar-refractivity contribution in [3.05, 3.63) is 91.0 Å². The number of ketones is 1. The number of hydrogen-bond acceptors (Lipinski definition) is 5. The topological polar surface area (TPSA) is 103 Å². The minimum Gasteiger partial charge on any atom is -0.289 e. The lowest BCUT2D eigenvalue weighted by atomic mass is 9.97. The molecule has 0 atom stereocenters. The first kappa shape index (κ1) is 19.2. The van der Waals surface area contributed by atoms with E-state index in [-0.39, 0.29) is 17.2 Å². The second-order valence-corrected chi connectivity index (χ2v) is 6.58. The second-order valence-electron chi connectivity index (χ2n) is 6.58. The fraction of sp³-hybridized carbons (Fsp3) is 0.190. The minimum atomic E-state index is -0.468. The standard InChI is InChI=1S/C21H18N2O5/c24-21-17(11-15-5-3-9-19(13-15)22(25)26)7-1-2-8-18(21)12-16-6-4-10-20(14-16)23(27)28/h3-6,9-14H,1-2,7-8H2. The number of Topliss-reactive ketones (excluding diaryl/α,β-unsaturated/α-hetero) is 1. The monoisotopic (exact) mass is 378 g/mol. The molecule has 0 heterocycles. The zero-order valence-electron chi connectivity index (χ0n) is 15.0. The van der Waals surface area contributed by atoms with Gasteiger partial charge < -0.3 is 0 Å². The molecule has 142 valence electrons. The van der Waals surface area contributed by atoms with Crippen molar-refractivity contribution in [1.82, 2.24) is 0 Å². The Morgan fingerprint density at radius 2 is 1.18 bits per heavy atom. The Kier molecular flexibility index (Phi) is 5.74. The van der Waals surface area contributed by atoms with Gasteiger partial charge in [0, 0.05) is 35.4 Å². The molecule has 0 aliphatic heterocycles. The molecule has 0 saturated heterocycles. The molecular weight excluding hydrogens is 360 g/mol. The third-order valence-corrected chi connectivity index (χ3v) is 4.57. The zero-order chi connectivity index (χ0) is 20.1. The number of carbonyl (C=O) groups is 1. The van der Waals surface area contributed by atoms with E-state index in [9.17, 15) is 25.0 Å². The zero-order valence-corrected chi connectivity index (χ0v) is 15.0. The van der Waals surface area contributed by atoms with Gasteiger partial charge in [-0.1, -0.05) is 24.3 Å². The molecule has 2 aromatic rings. The maximum atomic E-state index is 13.0. The van der Waals surface area contributed by atoms with E-state index in [0.29, 0.717) is 35.1 Å². The summed E-state index contributed by atoms with van der Waals surface area (Å²) in [5.41, 5.74) is 2.35. The number of hydrogen-bond donors (Lipinski definition) is 0. The van der Waals surface area contributed by atoms with Crippen LogP contribution in [0.2, 0.25) is 0 Å². The molecule has 0 aromatic heterocycles. The van der Waals surface area contributed by atoms with Crippen LogP contribution in [-0.2, 0) is 4.79 Å². The van der Waals surface area contributed by atoms with Gasteiger partial charge in [-0.2, -0.15) is 0 Å². The van der Waals surface area contributed by atoms with Crippen molar-refractivity contribution in [2.75, 3.05) is 0 Å². The molecule has 1 aliphatic rings. The predicted molar refractivity (Wildman–Crippen MR) is 106 cm³/mol. The van der Waals surface area contributed by atoms with E-state index in [2.05, 4.69) is 0 Å². The number of allylic oxidation sites excluding steroid dienone is 2. The van der Waals surface area contributed by atoms with E-state index < -0.39 is 9.85 Å². The summed E-state index contributed by atoms with van der Waals surface area (Å²) in [5.74, 6) is -0.115. The predicted octanol–water partition coefficient (Wildman–Crippen LogP) is 5.11. The molecule has 0 N–H and O–H groups in total. The highest BCUT2D eigenvalue weighted by atomic mass is 16.6. The van der Waals surface area contributed by atoms with Gasteiger partial charge in [0.15, 0.2) is 5.78 Å². The van der Waals surface area contributed by atoms with Crippen molar-refractivity contribution in [3.63, 3.8) is 0 Å². The Hall–Kier alpha value is -3.61. The molecule has 1 fully saturated rings. The SMILES string of the molecule is O=C1C(=Cc2cccc([N+](=O)[O-])c2)CCCCC1=Cc1cccc([N+](=O)[O-])c1. The molecule has 7 heteroatoms. The van der Waals surface area contributed by atoms with Crippen LogP contribution in [0.4, 0.5) is 11.4 Å². The van der Waals surface area contributed by atoms with Crippen LogP contribution in [0.5, 0.6) is 0 Å². The lowest BCUT2D eigenvalue weighted by Crippen LogP contribution is -2.04. The van der Waals surface area contributed by atoms with Crippen molar-refractivity contribution < 1.29 is 14.6 Å². The van der Waals surface area contributed by atoms with Gasteiger partial charge in [-0.15, -0.1) is 0 Å². The number of nitrogens with zero attached hydrogens (tertiary/aromatic N) is 2. The third kappa shape index (κ3) is 4.56. The Bertz CT molecular complexity index is 928. The van der Waals surface area contributed by atoms with E-state index in [1.54, 1.807) is 36.4 Å². The molecule has 0 amide bonds. The summed E-state index contributed by atoms with van der Waals surface area (Å²) in [6.45, 7) is 0. The summed E-state index contributed by atoms with van der Waals surface area (Å²) in [6.07, 6.45) is 6.24. The summed E-state index contributed by atoms with van der Waals surface area (Å²) >= 11 is 0. The first-order valence-corrected chi connectivity index (χ1v) is 8.89. The molecule has 0 bridgehead atoms. The van der Waals surface area contributed by atoms with Crippen molar-refractivity contribution in [2.45, 2.75) is 25.7 Å². The van der Waals surface area contributed by atoms with Crippen LogP contribution in [0.1, 0.15) is 36.8 Å². The quantitative estimate of drug-likeness (QED) is 0.318. The van der Waals surface area contributed by atoms with Gasteiger partial charge in [0.25, 0.3) is 11.4 Å². The van der Waals surface area contributed by atoms with Crippen molar-refractivity contribution in [1.29, 1.82) is 0 Å². The van der Waals surface area contributed by atoms with Gasteiger partial charge in [0.2, 0.25) is 0 Å². The van der Waals surface area contributed by atoms with Crippen molar-refractivity contribution >= 4 is 29.3 Å². The first-order chi connectivity index (χ1) is 13.4. The molecule has 3 rings (SSSR count). The summed E-state index contributed by atoms with van der Waals surface area (Å²) in [5, 5.41) is 21.9. The summed E-state index contributed by atoms with van der Waals surface area (Å²) in [6, 6.07) is 12.3. The van der Waals surface area contributed by atoms with Crippen molar-refractivity contribution in [2.24, 2.45) is 0 Å². The average Bonchev–Trinajstić information content (AvgIpc) is 2.84. The molecular formula is C21H18N2O5. The largest absolute Gasteiger partial charge is 0.289 e. The highest BCUT2D eigenvalue weighted by Crippen LogP contribution is 2.28. The van der Waals surface area contributed by atoms with Crippen LogP contribution < -0.4 is 0 Å². The second kappa shape index (κ2) is 8.39. The lowest BCUT2D eigenvalue weighted by molar-refractivity contribution is -0.385. The van der Waals surface area contributed by atoms with Gasteiger partial charge >= 0.3 is 0 Å². The van der Waals surface area contributed by atoms with Crippen LogP contribution in [0, 0.1) is 20.2 Å². The summed E-state index contributed by atoms with van der Waals surface area (Å²) in [4.78, 5) is 34.0. The molecule has 1 saturated carbocycles. The van der Waals surface area contributed by atoms with Crippen LogP contribution in [0.15, 0.2) is 59.7 Å². The molecule has 1 aliphatic carbocycles. The molecule has 7 nitrogen and oxygen atoms in total. The van der Waals surface area contributed by atoms with Gasteiger partial charge in [-0.25, -0.2) is 0 Å². The number of nitro benzene ring substituents is 2. The number of non-ortho nitro benzene ring substituents is 2. The molecule has 28 heavy (non-hydrogen) atoms. The fourth-order valence-electron chi connectivity index (χ4n) is 3.20. The Morgan fingerprint density at radius 1 is 0.750 bits per heavy atom. The fourth-order valence-corrected chi connectivity index (χ4v) is 3.20. The minimum absolute atomic E-state index is 0.0252. The van der Waals surface area contributed by atoms with Crippen molar-refractivity contribution in [3.8, 4) is 0 Å². The number of rotatable bonds is 4. The van der Waals surface area contributed by atoms with Gasteiger partial charge in [0.05, 0.1) is 9.85 Å².